The molecule has 0 spiro atoms. The van der Waals surface area contributed by atoms with Crippen LogP contribution in [-0.4, -0.2) is 19.8 Å². The first-order valence-electron chi connectivity index (χ1n) is 11.8. The maximum atomic E-state index is 13.8. The number of nitrogens with zero attached hydrogens (tertiary/aromatic N) is 3. The second kappa shape index (κ2) is 13.8. The topological polar surface area (TPSA) is 160 Å². The van der Waals surface area contributed by atoms with Gasteiger partial charge in [-0.3, -0.25) is 0 Å². The summed E-state index contributed by atoms with van der Waals surface area (Å²) in [6, 6.07) is 19.5. The van der Waals surface area contributed by atoms with Crippen LogP contribution in [0.3, 0.4) is 0 Å². The standard InChI is InChI=1S/C24H33N6O7P/c1-4-32-22-13-7-19(8-14-22)28(25)35-38(31,36-29(26)20-9-15-23(16-10-20)33-5-2)37-30(27)21-11-17-24(18-12-21)34-6-3/h7-18H,4-6,25-27H2,1-3H3. The molecule has 0 amide bonds. The van der Waals surface area contributed by atoms with E-state index in [-0.39, 0.29) is 0 Å². The van der Waals surface area contributed by atoms with Gasteiger partial charge in [0.25, 0.3) is 0 Å². The first-order chi connectivity index (χ1) is 18.3. The van der Waals surface area contributed by atoms with E-state index in [0.29, 0.717) is 69.6 Å². The van der Waals surface area contributed by atoms with Crippen molar-refractivity contribution in [1.82, 2.24) is 0 Å². The van der Waals surface area contributed by atoms with Crippen molar-refractivity contribution in [3.63, 3.8) is 0 Å². The van der Waals surface area contributed by atoms with Crippen LogP contribution in [0.25, 0.3) is 0 Å². The third-order valence-corrected chi connectivity index (χ3v) is 5.90. The molecule has 0 aliphatic rings. The van der Waals surface area contributed by atoms with Gasteiger partial charge in [0.1, 0.15) is 17.2 Å². The van der Waals surface area contributed by atoms with Gasteiger partial charge in [-0.25, -0.2) is 22.1 Å². The predicted molar refractivity (Wildman–Crippen MR) is 144 cm³/mol. The molecule has 0 saturated carbocycles. The van der Waals surface area contributed by atoms with E-state index in [1.807, 2.05) is 20.8 Å². The summed E-state index contributed by atoms with van der Waals surface area (Å²) in [5.41, 5.74) is 0.945. The van der Waals surface area contributed by atoms with Crippen molar-refractivity contribution in [2.75, 3.05) is 35.3 Å². The van der Waals surface area contributed by atoms with E-state index >= 15 is 0 Å². The Balaban J connectivity index is 1.81. The number of nitrogens with two attached hydrogens (primary N) is 3. The van der Waals surface area contributed by atoms with Crippen LogP contribution in [0.15, 0.2) is 72.8 Å². The molecule has 0 saturated heterocycles. The monoisotopic (exact) mass is 548 g/mol. The predicted octanol–water partition coefficient (Wildman–Crippen LogP) is 4.23. The highest BCUT2D eigenvalue weighted by atomic mass is 31.2. The van der Waals surface area contributed by atoms with Crippen molar-refractivity contribution < 1.29 is 32.6 Å². The maximum Gasteiger partial charge on any atom is 0.543 e. The summed E-state index contributed by atoms with van der Waals surface area (Å²) in [4.78, 5) is 0. The van der Waals surface area contributed by atoms with Crippen molar-refractivity contribution in [1.29, 1.82) is 0 Å². The third kappa shape index (κ3) is 8.23. The first kappa shape index (κ1) is 29.0. The molecule has 3 aromatic rings. The van der Waals surface area contributed by atoms with Crippen molar-refractivity contribution >= 4 is 24.9 Å². The lowest BCUT2D eigenvalue weighted by atomic mass is 10.3. The van der Waals surface area contributed by atoms with Crippen LogP contribution in [-0.2, 0) is 18.4 Å². The van der Waals surface area contributed by atoms with Crippen LogP contribution in [0.1, 0.15) is 20.8 Å². The van der Waals surface area contributed by atoms with Gasteiger partial charge < -0.3 is 14.2 Å². The summed E-state index contributed by atoms with van der Waals surface area (Å²) in [7, 11) is -4.65. The van der Waals surface area contributed by atoms with Crippen LogP contribution in [0.4, 0.5) is 17.1 Å². The van der Waals surface area contributed by atoms with Gasteiger partial charge in [0, 0.05) is 0 Å². The van der Waals surface area contributed by atoms with E-state index < -0.39 is 7.82 Å². The molecule has 14 heteroatoms. The van der Waals surface area contributed by atoms with Gasteiger partial charge in [0.05, 0.1) is 36.9 Å². The summed E-state index contributed by atoms with van der Waals surface area (Å²) >= 11 is 0. The van der Waals surface area contributed by atoms with Crippen molar-refractivity contribution in [3.05, 3.63) is 72.8 Å². The van der Waals surface area contributed by atoms with Gasteiger partial charge >= 0.3 is 7.82 Å². The van der Waals surface area contributed by atoms with Crippen LogP contribution in [0, 0.1) is 0 Å². The molecule has 0 radical (unpaired) electrons. The fraction of sp³-hybridized carbons (Fsp3) is 0.250. The Hall–Kier alpha value is -3.55. The quantitative estimate of drug-likeness (QED) is 0.141. The first-order valence-corrected chi connectivity index (χ1v) is 13.2. The van der Waals surface area contributed by atoms with Gasteiger partial charge in [0.2, 0.25) is 0 Å². The molecule has 0 aromatic heterocycles. The molecule has 3 rings (SSSR count). The molecule has 6 N–H and O–H groups in total. The highest BCUT2D eigenvalue weighted by molar-refractivity contribution is 7.48. The van der Waals surface area contributed by atoms with Gasteiger partial charge in [-0.05, 0) is 93.6 Å². The van der Waals surface area contributed by atoms with E-state index in [1.54, 1.807) is 72.8 Å². The second-order valence-electron chi connectivity index (χ2n) is 7.45. The number of hydrazine groups is 3. The zero-order valence-corrected chi connectivity index (χ0v) is 22.3. The van der Waals surface area contributed by atoms with Crippen LogP contribution < -0.4 is 47.3 Å². The summed E-state index contributed by atoms with van der Waals surface area (Å²) in [5.74, 6) is 19.9. The van der Waals surface area contributed by atoms with Crippen LogP contribution in [0.5, 0.6) is 17.2 Å². The average Bonchev–Trinajstić information content (AvgIpc) is 2.90. The highest BCUT2D eigenvalue weighted by Crippen LogP contribution is 2.52. The van der Waals surface area contributed by atoms with Crippen molar-refractivity contribution in [3.8, 4) is 17.2 Å². The van der Waals surface area contributed by atoms with E-state index in [4.69, 9.17) is 45.6 Å². The van der Waals surface area contributed by atoms with E-state index in [2.05, 4.69) is 0 Å². The Bertz CT molecular complexity index is 1020. The van der Waals surface area contributed by atoms with Crippen LogP contribution in [0.2, 0.25) is 0 Å². The molecular formula is C24H33N6O7P. The minimum Gasteiger partial charge on any atom is -0.494 e. The molecule has 206 valence electrons. The highest BCUT2D eigenvalue weighted by Gasteiger charge is 2.37. The average molecular weight is 549 g/mol. The maximum absolute atomic E-state index is 13.8. The third-order valence-electron chi connectivity index (χ3n) is 4.77. The van der Waals surface area contributed by atoms with Gasteiger partial charge in [-0.1, -0.05) is 0 Å². The zero-order valence-electron chi connectivity index (χ0n) is 21.4. The number of phosphoric acid groups is 1. The smallest absolute Gasteiger partial charge is 0.494 e. The van der Waals surface area contributed by atoms with E-state index in [9.17, 15) is 4.57 Å². The number of hydrogen-bond acceptors (Lipinski definition) is 13. The molecule has 0 unspecified atom stereocenters. The van der Waals surface area contributed by atoms with Gasteiger partial charge in [-0.15, -0.1) is 13.9 Å². The van der Waals surface area contributed by atoms with E-state index in [1.165, 1.54) is 0 Å². The molecule has 0 bridgehead atoms. The number of benzene rings is 3. The second-order valence-corrected chi connectivity index (χ2v) is 8.83. The number of hydrogen-bond donors (Lipinski definition) is 3. The fourth-order valence-corrected chi connectivity index (χ4v) is 4.10. The molecule has 0 atom stereocenters. The fourth-order valence-electron chi connectivity index (χ4n) is 3.08. The van der Waals surface area contributed by atoms with Crippen LogP contribution >= 0.6 is 7.82 Å². The van der Waals surface area contributed by atoms with E-state index in [0.717, 1.165) is 0 Å². The SMILES string of the molecule is CCOc1ccc(N(N)OP(=O)(ON(N)c2ccc(OCC)cc2)ON(N)c2ccc(OCC)cc2)cc1. The normalized spacial score (nSPS) is 11.1. The molecule has 38 heavy (non-hydrogen) atoms. The number of ether oxygens (including phenoxy) is 3. The molecule has 3 aromatic carbocycles. The Morgan fingerprint density at radius 3 is 0.974 bits per heavy atom. The number of rotatable bonds is 15. The molecule has 13 nitrogen and oxygen atoms in total. The minimum absolute atomic E-state index is 0.315. The molecule has 0 fully saturated rings. The molecular weight excluding hydrogens is 515 g/mol. The van der Waals surface area contributed by atoms with Crippen molar-refractivity contribution in [2.45, 2.75) is 20.8 Å². The molecule has 0 heterocycles. The summed E-state index contributed by atoms with van der Waals surface area (Å²) in [6.45, 7) is 7.08. The summed E-state index contributed by atoms with van der Waals surface area (Å²) < 4.78 is 46.3. The molecule has 0 aliphatic heterocycles. The Morgan fingerprint density at radius 2 is 0.763 bits per heavy atom. The zero-order chi connectivity index (χ0) is 27.5. The largest absolute Gasteiger partial charge is 0.543 e. The van der Waals surface area contributed by atoms with Gasteiger partial charge in [0.15, 0.2) is 0 Å². The van der Waals surface area contributed by atoms with Crippen molar-refractivity contribution in [2.24, 2.45) is 17.5 Å². The summed E-state index contributed by atoms with van der Waals surface area (Å²) in [5, 5.41) is 2.15. The molecule has 0 aliphatic carbocycles. The minimum atomic E-state index is -4.65. The summed E-state index contributed by atoms with van der Waals surface area (Å²) in [6.07, 6.45) is 0. The number of anilines is 3. The lowest BCUT2D eigenvalue weighted by molar-refractivity contribution is 0.0860. The Kier molecular flexibility index (Phi) is 10.6. The Morgan fingerprint density at radius 1 is 0.526 bits per heavy atom. The van der Waals surface area contributed by atoms with Gasteiger partial charge in [-0.2, -0.15) is 15.5 Å². The lowest BCUT2D eigenvalue weighted by Gasteiger charge is -2.29. The lowest BCUT2D eigenvalue weighted by Crippen LogP contribution is -2.38. The Labute approximate surface area is 221 Å².